The van der Waals surface area contributed by atoms with E-state index in [1.54, 1.807) is 0 Å². The Hall–Kier alpha value is -0.160. The maximum absolute atomic E-state index is 5.51. The Morgan fingerprint density at radius 2 is 2.00 bits per heavy atom. The van der Waals surface area contributed by atoms with Gasteiger partial charge in [0.2, 0.25) is 0 Å². The second-order valence-corrected chi connectivity index (χ2v) is 3.84. The van der Waals surface area contributed by atoms with Gasteiger partial charge in [0, 0.05) is 12.6 Å². The molecule has 0 aromatic carbocycles. The second kappa shape index (κ2) is 7.17. The molecule has 1 saturated heterocycles. The van der Waals surface area contributed by atoms with Crippen LogP contribution in [0.15, 0.2) is 0 Å². The molecule has 1 aliphatic heterocycles. The lowest BCUT2D eigenvalue weighted by molar-refractivity contribution is -0.0108. The topological polar surface area (TPSA) is 64.5 Å². The third-order valence-corrected chi connectivity index (χ3v) is 2.74. The van der Waals surface area contributed by atoms with Crippen LogP contribution in [0.25, 0.3) is 0 Å². The van der Waals surface area contributed by atoms with Crippen LogP contribution in [0, 0.1) is 0 Å². The number of nitrogens with two attached hydrogens (primary N) is 2. The van der Waals surface area contributed by atoms with Gasteiger partial charge in [0.1, 0.15) is 0 Å². The zero-order valence-electron chi connectivity index (χ0n) is 8.95. The minimum atomic E-state index is 0.568. The fourth-order valence-corrected chi connectivity index (χ4v) is 1.90. The number of hydrogen-bond donors (Lipinski definition) is 2. The highest BCUT2D eigenvalue weighted by atomic mass is 16.5. The number of hydrogen-bond acceptors (Lipinski definition) is 4. The first kappa shape index (κ1) is 11.9. The van der Waals surface area contributed by atoms with Crippen molar-refractivity contribution in [1.29, 1.82) is 0 Å². The van der Waals surface area contributed by atoms with E-state index in [1.807, 2.05) is 0 Å². The highest BCUT2D eigenvalue weighted by molar-refractivity contribution is 4.75. The zero-order chi connectivity index (χ0) is 10.2. The van der Waals surface area contributed by atoms with Gasteiger partial charge in [-0.25, -0.2) is 0 Å². The minimum absolute atomic E-state index is 0.568. The lowest BCUT2D eigenvalue weighted by atomic mass is 10.1. The number of ether oxygens (including phenoxy) is 1. The van der Waals surface area contributed by atoms with Gasteiger partial charge in [-0.05, 0) is 38.9 Å². The summed E-state index contributed by atoms with van der Waals surface area (Å²) in [6.07, 6.45) is 3.33. The minimum Gasteiger partial charge on any atom is -0.378 e. The fraction of sp³-hybridized carbons (Fsp3) is 1.00. The molecule has 0 amide bonds. The molecule has 1 rings (SSSR count). The molecule has 0 bridgehead atoms. The Kier molecular flexibility index (Phi) is 6.10. The number of morpholine rings is 1. The third kappa shape index (κ3) is 3.92. The van der Waals surface area contributed by atoms with Crippen LogP contribution in [0.5, 0.6) is 0 Å². The largest absolute Gasteiger partial charge is 0.378 e. The molecule has 0 saturated carbocycles. The molecule has 1 fully saturated rings. The first-order valence-corrected chi connectivity index (χ1v) is 5.60. The summed E-state index contributed by atoms with van der Waals surface area (Å²) in [5, 5.41) is 0. The van der Waals surface area contributed by atoms with Crippen LogP contribution in [-0.4, -0.2) is 50.3 Å². The van der Waals surface area contributed by atoms with Crippen molar-refractivity contribution in [3.63, 3.8) is 0 Å². The standard InChI is InChI=1S/C10H23N3O/c11-4-1-3-10-9-14-8-7-13(10)6-2-5-12/h10H,1-9,11-12H2. The molecular formula is C10H23N3O. The van der Waals surface area contributed by atoms with Gasteiger partial charge < -0.3 is 16.2 Å². The van der Waals surface area contributed by atoms with Gasteiger partial charge in [0.05, 0.1) is 13.2 Å². The first-order chi connectivity index (χ1) is 6.88. The Morgan fingerprint density at radius 1 is 1.21 bits per heavy atom. The lowest BCUT2D eigenvalue weighted by Crippen LogP contribution is -2.46. The summed E-state index contributed by atoms with van der Waals surface area (Å²) in [5.41, 5.74) is 11.0. The summed E-state index contributed by atoms with van der Waals surface area (Å²) in [5.74, 6) is 0. The second-order valence-electron chi connectivity index (χ2n) is 3.84. The predicted molar refractivity (Wildman–Crippen MR) is 58.1 cm³/mol. The summed E-state index contributed by atoms with van der Waals surface area (Å²) >= 11 is 0. The molecule has 4 N–H and O–H groups in total. The van der Waals surface area contributed by atoms with E-state index in [2.05, 4.69) is 4.90 Å². The number of rotatable bonds is 6. The molecule has 1 atom stereocenters. The van der Waals surface area contributed by atoms with E-state index >= 15 is 0 Å². The average Bonchev–Trinajstić information content (AvgIpc) is 2.24. The molecule has 0 aromatic heterocycles. The molecular weight excluding hydrogens is 178 g/mol. The van der Waals surface area contributed by atoms with Gasteiger partial charge >= 0.3 is 0 Å². The van der Waals surface area contributed by atoms with Crippen molar-refractivity contribution in [2.45, 2.75) is 25.3 Å². The van der Waals surface area contributed by atoms with E-state index in [0.29, 0.717) is 6.04 Å². The Morgan fingerprint density at radius 3 is 2.71 bits per heavy atom. The molecule has 4 heteroatoms. The van der Waals surface area contributed by atoms with Gasteiger partial charge in [-0.15, -0.1) is 0 Å². The SMILES string of the molecule is NCCCC1COCCN1CCCN. The number of nitrogens with zero attached hydrogens (tertiary/aromatic N) is 1. The third-order valence-electron chi connectivity index (χ3n) is 2.74. The van der Waals surface area contributed by atoms with Crippen molar-refractivity contribution in [1.82, 2.24) is 4.90 Å². The van der Waals surface area contributed by atoms with Crippen molar-refractivity contribution in [2.75, 3.05) is 39.4 Å². The van der Waals surface area contributed by atoms with Crippen LogP contribution in [0.4, 0.5) is 0 Å². The van der Waals surface area contributed by atoms with Crippen molar-refractivity contribution in [2.24, 2.45) is 11.5 Å². The van der Waals surface area contributed by atoms with Crippen molar-refractivity contribution in [3.8, 4) is 0 Å². The van der Waals surface area contributed by atoms with Crippen LogP contribution in [0.2, 0.25) is 0 Å². The highest BCUT2D eigenvalue weighted by Gasteiger charge is 2.21. The zero-order valence-corrected chi connectivity index (χ0v) is 8.95. The van der Waals surface area contributed by atoms with Crippen molar-refractivity contribution in [3.05, 3.63) is 0 Å². The maximum Gasteiger partial charge on any atom is 0.0622 e. The smallest absolute Gasteiger partial charge is 0.0622 e. The van der Waals surface area contributed by atoms with Crippen LogP contribution < -0.4 is 11.5 Å². The van der Waals surface area contributed by atoms with E-state index in [-0.39, 0.29) is 0 Å². The van der Waals surface area contributed by atoms with Crippen molar-refractivity contribution >= 4 is 0 Å². The van der Waals surface area contributed by atoms with Crippen molar-refractivity contribution < 1.29 is 4.74 Å². The molecule has 84 valence electrons. The van der Waals surface area contributed by atoms with Crippen LogP contribution in [-0.2, 0) is 4.74 Å². The van der Waals surface area contributed by atoms with Gasteiger partial charge in [-0.2, -0.15) is 0 Å². The van der Waals surface area contributed by atoms with Gasteiger partial charge in [-0.3, -0.25) is 4.90 Å². The monoisotopic (exact) mass is 201 g/mol. The molecule has 4 nitrogen and oxygen atoms in total. The molecule has 1 heterocycles. The van der Waals surface area contributed by atoms with E-state index in [9.17, 15) is 0 Å². The Bertz CT molecular complexity index is 127. The first-order valence-electron chi connectivity index (χ1n) is 5.60. The van der Waals surface area contributed by atoms with E-state index in [4.69, 9.17) is 16.2 Å². The van der Waals surface area contributed by atoms with E-state index in [1.165, 1.54) is 0 Å². The fourth-order valence-electron chi connectivity index (χ4n) is 1.90. The highest BCUT2D eigenvalue weighted by Crippen LogP contribution is 2.12. The van der Waals surface area contributed by atoms with Crippen LogP contribution >= 0.6 is 0 Å². The Labute approximate surface area is 86.6 Å². The molecule has 14 heavy (non-hydrogen) atoms. The van der Waals surface area contributed by atoms with Gasteiger partial charge in [-0.1, -0.05) is 0 Å². The molecule has 0 aromatic rings. The molecule has 0 spiro atoms. The van der Waals surface area contributed by atoms with E-state index in [0.717, 1.165) is 58.7 Å². The molecule has 0 aliphatic carbocycles. The quantitative estimate of drug-likeness (QED) is 0.623. The van der Waals surface area contributed by atoms with Gasteiger partial charge in [0.25, 0.3) is 0 Å². The lowest BCUT2D eigenvalue weighted by Gasteiger charge is -2.35. The molecule has 1 unspecified atom stereocenters. The summed E-state index contributed by atoms with van der Waals surface area (Å²) in [6.45, 7) is 5.45. The summed E-state index contributed by atoms with van der Waals surface area (Å²) in [7, 11) is 0. The summed E-state index contributed by atoms with van der Waals surface area (Å²) in [6, 6.07) is 0.568. The molecule has 1 aliphatic rings. The van der Waals surface area contributed by atoms with E-state index < -0.39 is 0 Å². The summed E-state index contributed by atoms with van der Waals surface area (Å²) < 4.78 is 5.48. The normalized spacial score (nSPS) is 24.0. The predicted octanol–water partition coefficient (Wildman–Crippen LogP) is -0.225. The maximum atomic E-state index is 5.51. The Balaban J connectivity index is 2.26. The van der Waals surface area contributed by atoms with Gasteiger partial charge in [0.15, 0.2) is 0 Å². The summed E-state index contributed by atoms with van der Waals surface area (Å²) in [4.78, 5) is 2.49. The van der Waals surface area contributed by atoms with Crippen LogP contribution in [0.1, 0.15) is 19.3 Å². The molecule has 0 radical (unpaired) electrons. The van der Waals surface area contributed by atoms with Crippen LogP contribution in [0.3, 0.4) is 0 Å². The average molecular weight is 201 g/mol.